The Bertz CT molecular complexity index is 15.5. The summed E-state index contributed by atoms with van der Waals surface area (Å²) in [7, 11) is 0. The van der Waals surface area contributed by atoms with Crippen molar-refractivity contribution in [1.29, 1.82) is 0 Å². The van der Waals surface area contributed by atoms with Gasteiger partial charge in [0, 0.05) is 6.10 Å². The summed E-state index contributed by atoms with van der Waals surface area (Å²) in [6, 6.07) is 0. The smallest absolute Gasteiger partial charge is 1.00 e. The van der Waals surface area contributed by atoms with Gasteiger partial charge in [-0.15, -0.1) is 0 Å². The van der Waals surface area contributed by atoms with Crippen molar-refractivity contribution in [2.75, 3.05) is 0 Å². The van der Waals surface area contributed by atoms with Crippen LogP contribution in [0.4, 0.5) is 0 Å². The number of aliphatic hydroxyl groups excluding tert-OH is 1. The standard InChI is InChI=1S/C3H8O.Li.H/c1-3(2)4;;/h3-4H,1-2H3;;/q;+1;-1. The molecule has 1 N–H and O–H groups in total. The van der Waals surface area contributed by atoms with Gasteiger partial charge in [-0.3, -0.25) is 0 Å². The average Bonchev–Trinajstić information content (AvgIpc) is 0.811. The SMILES string of the molecule is CC(C)O.[H-].[Li+]. The number of hydrogen-bond acceptors (Lipinski definition) is 1. The summed E-state index contributed by atoms with van der Waals surface area (Å²) < 4.78 is 0. The van der Waals surface area contributed by atoms with Gasteiger partial charge in [-0.2, -0.15) is 0 Å². The third kappa shape index (κ3) is 95.9. The molecule has 0 saturated carbocycles. The van der Waals surface area contributed by atoms with Gasteiger partial charge in [-0.05, 0) is 13.8 Å². The molecule has 0 aromatic carbocycles. The van der Waals surface area contributed by atoms with E-state index >= 15 is 0 Å². The van der Waals surface area contributed by atoms with Gasteiger partial charge in [0.2, 0.25) is 0 Å². The Kier molecular flexibility index (Phi) is 8.31. The van der Waals surface area contributed by atoms with E-state index in [2.05, 4.69) is 0 Å². The second kappa shape index (κ2) is 4.56. The quantitative estimate of drug-likeness (QED) is 0.311. The van der Waals surface area contributed by atoms with Crippen molar-refractivity contribution in [3.05, 3.63) is 0 Å². The fourth-order valence-corrected chi connectivity index (χ4v) is 0. The molecule has 0 aliphatic carbocycles. The number of hydrogen-bond donors (Lipinski definition) is 1. The summed E-state index contributed by atoms with van der Waals surface area (Å²) in [6.07, 6.45) is -0.167. The molecule has 0 saturated heterocycles. The summed E-state index contributed by atoms with van der Waals surface area (Å²) in [5.74, 6) is 0. The van der Waals surface area contributed by atoms with Crippen LogP contribution in [0.3, 0.4) is 0 Å². The van der Waals surface area contributed by atoms with Crippen LogP contribution in [0, 0.1) is 0 Å². The maximum Gasteiger partial charge on any atom is 1.00 e. The van der Waals surface area contributed by atoms with Gasteiger partial charge < -0.3 is 6.53 Å². The zero-order valence-electron chi connectivity index (χ0n) is 5.02. The molecule has 0 aromatic heterocycles. The maximum absolute atomic E-state index is 8.06. The fraction of sp³-hybridized carbons (Fsp3) is 1.00. The summed E-state index contributed by atoms with van der Waals surface area (Å²) >= 11 is 0. The van der Waals surface area contributed by atoms with Crippen molar-refractivity contribution in [3.8, 4) is 0 Å². The van der Waals surface area contributed by atoms with E-state index in [0.717, 1.165) is 0 Å². The van der Waals surface area contributed by atoms with Crippen molar-refractivity contribution >= 4 is 0 Å². The molecule has 0 aliphatic heterocycles. The van der Waals surface area contributed by atoms with E-state index in [0.29, 0.717) is 0 Å². The number of rotatable bonds is 0. The van der Waals surface area contributed by atoms with Crippen LogP contribution in [-0.4, -0.2) is 11.2 Å². The van der Waals surface area contributed by atoms with E-state index in [1.807, 2.05) is 0 Å². The molecular weight excluding hydrogens is 59.0 g/mol. The molecule has 0 radical (unpaired) electrons. The molecule has 0 aromatic rings. The molecule has 1 nitrogen and oxygen atoms in total. The summed E-state index contributed by atoms with van der Waals surface area (Å²) in [5.41, 5.74) is 0. The summed E-state index contributed by atoms with van der Waals surface area (Å²) in [4.78, 5) is 0. The van der Waals surface area contributed by atoms with Crippen molar-refractivity contribution in [3.63, 3.8) is 0 Å². The van der Waals surface area contributed by atoms with Crippen LogP contribution in [0.5, 0.6) is 0 Å². The molecule has 0 rings (SSSR count). The topological polar surface area (TPSA) is 20.2 Å². The van der Waals surface area contributed by atoms with Crippen LogP contribution in [0.15, 0.2) is 0 Å². The minimum Gasteiger partial charge on any atom is -1.00 e. The van der Waals surface area contributed by atoms with Crippen LogP contribution >= 0.6 is 0 Å². The van der Waals surface area contributed by atoms with E-state index in [9.17, 15) is 0 Å². The fourth-order valence-electron chi connectivity index (χ4n) is 0. The van der Waals surface area contributed by atoms with E-state index in [4.69, 9.17) is 5.11 Å². The molecule has 5 heavy (non-hydrogen) atoms. The molecule has 0 bridgehead atoms. The molecule has 0 heterocycles. The van der Waals surface area contributed by atoms with Crippen molar-refractivity contribution in [2.45, 2.75) is 20.0 Å². The van der Waals surface area contributed by atoms with Crippen LogP contribution in [0.1, 0.15) is 15.3 Å². The Morgan fingerprint density at radius 3 is 1.60 bits per heavy atom. The predicted octanol–water partition coefficient (Wildman–Crippen LogP) is -2.50. The van der Waals surface area contributed by atoms with Crippen molar-refractivity contribution < 1.29 is 25.4 Å². The van der Waals surface area contributed by atoms with Gasteiger partial charge in [0.1, 0.15) is 0 Å². The molecule has 0 unspecified atom stereocenters. The van der Waals surface area contributed by atoms with Crippen LogP contribution in [-0.2, 0) is 0 Å². The minimum atomic E-state index is -0.167. The van der Waals surface area contributed by atoms with Crippen molar-refractivity contribution in [1.82, 2.24) is 0 Å². The Morgan fingerprint density at radius 2 is 1.60 bits per heavy atom. The monoisotopic (exact) mass is 68.1 g/mol. The first kappa shape index (κ1) is 9.12. The second-order valence-corrected chi connectivity index (χ2v) is 1.09. The molecule has 0 aliphatic rings. The van der Waals surface area contributed by atoms with E-state index in [-0.39, 0.29) is 26.4 Å². The Hall–Kier alpha value is 0.557. The molecule has 2 heteroatoms. The zero-order chi connectivity index (χ0) is 3.58. The van der Waals surface area contributed by atoms with Crippen LogP contribution in [0.25, 0.3) is 0 Å². The molecule has 0 amide bonds. The third-order valence-electron chi connectivity index (χ3n) is 0. The minimum absolute atomic E-state index is 0. The molecule has 28 valence electrons. The van der Waals surface area contributed by atoms with Gasteiger partial charge in [0.25, 0.3) is 0 Å². The number of aliphatic hydroxyl groups is 1. The van der Waals surface area contributed by atoms with E-state index in [1.165, 1.54) is 0 Å². The second-order valence-electron chi connectivity index (χ2n) is 1.09. The summed E-state index contributed by atoms with van der Waals surface area (Å²) in [6.45, 7) is 3.44. The van der Waals surface area contributed by atoms with Crippen LogP contribution in [0.2, 0.25) is 0 Å². The normalized spacial score (nSPS) is 7.20. The molecule has 0 atom stereocenters. The Labute approximate surface area is 46.0 Å². The first-order valence-electron chi connectivity index (χ1n) is 1.41. The van der Waals surface area contributed by atoms with Gasteiger partial charge in [-0.1, -0.05) is 0 Å². The largest absolute Gasteiger partial charge is 1.00 e. The van der Waals surface area contributed by atoms with E-state index < -0.39 is 0 Å². The Balaban J connectivity index is -0.0000000450. The third-order valence-corrected chi connectivity index (χ3v) is 0. The van der Waals surface area contributed by atoms with Gasteiger partial charge in [0.05, 0.1) is 0 Å². The first-order valence-corrected chi connectivity index (χ1v) is 1.41. The van der Waals surface area contributed by atoms with Gasteiger partial charge >= 0.3 is 18.9 Å². The average molecular weight is 68.0 g/mol. The Morgan fingerprint density at radius 1 is 1.60 bits per heavy atom. The predicted molar refractivity (Wildman–Crippen MR) is 18.5 cm³/mol. The van der Waals surface area contributed by atoms with Crippen molar-refractivity contribution in [2.24, 2.45) is 0 Å². The zero-order valence-corrected chi connectivity index (χ0v) is 4.02. The van der Waals surface area contributed by atoms with Gasteiger partial charge in [0.15, 0.2) is 0 Å². The van der Waals surface area contributed by atoms with Crippen LogP contribution < -0.4 is 18.9 Å². The van der Waals surface area contributed by atoms with E-state index in [1.54, 1.807) is 13.8 Å². The molecular formula is C3H9LiO. The molecule has 0 fully saturated rings. The van der Waals surface area contributed by atoms with Gasteiger partial charge in [-0.25, -0.2) is 0 Å². The molecule has 0 spiro atoms. The first-order chi connectivity index (χ1) is 1.73. The summed E-state index contributed by atoms with van der Waals surface area (Å²) in [5, 5.41) is 8.06. The maximum atomic E-state index is 8.06.